The molecule has 0 N–H and O–H groups in total. The van der Waals surface area contributed by atoms with Gasteiger partial charge in [-0.1, -0.05) is 35.9 Å². The zero-order chi connectivity index (χ0) is 19.8. The van der Waals surface area contributed by atoms with Crippen LogP contribution >= 0.6 is 0 Å². The maximum absolute atomic E-state index is 13.2. The lowest BCUT2D eigenvalue weighted by molar-refractivity contribution is 0.549. The minimum atomic E-state index is -0.434. The first-order chi connectivity index (χ1) is 12.9. The van der Waals surface area contributed by atoms with E-state index in [1.807, 2.05) is 0 Å². The molecule has 0 aromatic heterocycles. The summed E-state index contributed by atoms with van der Waals surface area (Å²) in [4.78, 5) is 3.81. The molecule has 3 heteroatoms. The summed E-state index contributed by atoms with van der Waals surface area (Å²) in [6.45, 7) is 7.81. The van der Waals surface area contributed by atoms with Gasteiger partial charge >= 0.3 is 0 Å². The molecule has 2 aliphatic carbocycles. The van der Waals surface area contributed by atoms with Crippen LogP contribution in [0.3, 0.4) is 0 Å². The zero-order valence-corrected chi connectivity index (χ0v) is 16.6. The number of hydrogen-bond acceptors (Lipinski definition) is 1. The molecule has 0 heterocycles. The molecule has 0 amide bonds. The summed E-state index contributed by atoms with van der Waals surface area (Å²) < 4.78 is 26.1. The fourth-order valence-electron chi connectivity index (χ4n) is 3.53. The number of benzene rings is 1. The highest BCUT2D eigenvalue weighted by Crippen LogP contribution is 2.35. The van der Waals surface area contributed by atoms with Crippen LogP contribution in [0.5, 0.6) is 0 Å². The second kappa shape index (κ2) is 10.1. The zero-order valence-electron chi connectivity index (χ0n) is 16.6. The maximum Gasteiger partial charge on any atom is 0.132 e. The van der Waals surface area contributed by atoms with Gasteiger partial charge in [0.05, 0.1) is 0 Å². The number of aliphatic imine (C=N–C) groups is 1. The van der Waals surface area contributed by atoms with Gasteiger partial charge in [-0.25, -0.2) is 8.78 Å². The van der Waals surface area contributed by atoms with E-state index in [1.54, 1.807) is 25.1 Å². The second-order valence-corrected chi connectivity index (χ2v) is 7.22. The van der Waals surface area contributed by atoms with E-state index in [1.165, 1.54) is 43.1 Å². The van der Waals surface area contributed by atoms with Gasteiger partial charge in [0.25, 0.3) is 0 Å². The van der Waals surface area contributed by atoms with E-state index in [0.29, 0.717) is 5.71 Å². The Labute approximate surface area is 161 Å². The van der Waals surface area contributed by atoms with Crippen molar-refractivity contribution in [1.82, 2.24) is 0 Å². The lowest BCUT2D eigenvalue weighted by Crippen LogP contribution is -2.09. The molecule has 1 aromatic rings. The van der Waals surface area contributed by atoms with Gasteiger partial charge in [0, 0.05) is 24.8 Å². The van der Waals surface area contributed by atoms with Gasteiger partial charge in [0.1, 0.15) is 11.7 Å². The van der Waals surface area contributed by atoms with Crippen LogP contribution in [0.25, 0.3) is 0 Å². The highest BCUT2D eigenvalue weighted by Gasteiger charge is 2.19. The Morgan fingerprint density at radius 1 is 1.22 bits per heavy atom. The summed E-state index contributed by atoms with van der Waals surface area (Å²) in [7, 11) is 1.55. The molecule has 0 bridgehead atoms. The minimum absolute atomic E-state index is 0.147. The predicted molar refractivity (Wildman–Crippen MR) is 112 cm³/mol. The molecule has 0 saturated carbocycles. The Kier molecular flexibility index (Phi) is 7.90. The van der Waals surface area contributed by atoms with Crippen LogP contribution in [0, 0.1) is 0 Å². The molecule has 0 fully saturated rings. The molecule has 2 aliphatic rings. The van der Waals surface area contributed by atoms with Crippen molar-refractivity contribution in [3.05, 3.63) is 83.0 Å². The lowest BCUT2D eigenvalue weighted by atomic mass is 9.80. The van der Waals surface area contributed by atoms with E-state index in [4.69, 9.17) is 0 Å². The van der Waals surface area contributed by atoms with Crippen molar-refractivity contribution in [2.75, 3.05) is 7.05 Å². The predicted octanol–water partition coefficient (Wildman–Crippen LogP) is 7.19. The normalized spacial score (nSPS) is 19.5. The topological polar surface area (TPSA) is 12.4 Å². The van der Waals surface area contributed by atoms with E-state index >= 15 is 0 Å². The van der Waals surface area contributed by atoms with Crippen molar-refractivity contribution in [3.8, 4) is 0 Å². The van der Waals surface area contributed by atoms with Crippen LogP contribution in [-0.4, -0.2) is 12.8 Å². The standard InChI is InChI=1S/C14H18.C10H11F2N/c1-11(2)10-13-8-5-7-12-6-3-4-9-14(12)13;1-7(13-2)9-6-8(11)4-3-5-10(9)12/h3-4,6,9,13H,1,5,7-8,10H2,2H3;3,5-6H,4H2,1-2H3. The van der Waals surface area contributed by atoms with Crippen molar-refractivity contribution >= 4 is 5.71 Å². The average molecular weight is 369 g/mol. The third-order valence-electron chi connectivity index (χ3n) is 4.95. The molecule has 1 unspecified atom stereocenters. The van der Waals surface area contributed by atoms with Crippen LogP contribution in [0.4, 0.5) is 8.78 Å². The van der Waals surface area contributed by atoms with Crippen molar-refractivity contribution in [1.29, 1.82) is 0 Å². The van der Waals surface area contributed by atoms with Crippen LogP contribution in [0.1, 0.15) is 56.6 Å². The lowest BCUT2D eigenvalue weighted by Gasteiger charge is -2.25. The van der Waals surface area contributed by atoms with Gasteiger partial charge in [-0.15, -0.1) is 6.58 Å². The summed E-state index contributed by atoms with van der Waals surface area (Å²) >= 11 is 0. The van der Waals surface area contributed by atoms with E-state index in [2.05, 4.69) is 42.8 Å². The van der Waals surface area contributed by atoms with Crippen molar-refractivity contribution < 1.29 is 8.78 Å². The fourth-order valence-corrected chi connectivity index (χ4v) is 3.53. The maximum atomic E-state index is 13.2. The Bertz CT molecular complexity index is 796. The minimum Gasteiger partial charge on any atom is -0.293 e. The molecule has 0 aliphatic heterocycles. The third kappa shape index (κ3) is 6.13. The number of allylic oxidation sites excluding steroid dienone is 7. The molecule has 0 saturated heterocycles. The monoisotopic (exact) mass is 369 g/mol. The number of hydrogen-bond donors (Lipinski definition) is 0. The van der Waals surface area contributed by atoms with Crippen LogP contribution in [-0.2, 0) is 6.42 Å². The van der Waals surface area contributed by atoms with Crippen molar-refractivity contribution in [2.24, 2.45) is 4.99 Å². The first-order valence-electron chi connectivity index (χ1n) is 9.50. The second-order valence-electron chi connectivity index (χ2n) is 7.22. The third-order valence-corrected chi connectivity index (χ3v) is 4.95. The molecule has 27 heavy (non-hydrogen) atoms. The number of fused-ring (bicyclic) bond motifs is 1. The number of halogens is 2. The highest BCUT2D eigenvalue weighted by molar-refractivity contribution is 6.01. The molecule has 0 radical (unpaired) electrons. The Morgan fingerprint density at radius 3 is 2.67 bits per heavy atom. The average Bonchev–Trinajstić information content (AvgIpc) is 2.82. The smallest absolute Gasteiger partial charge is 0.132 e. The quantitative estimate of drug-likeness (QED) is 0.395. The number of nitrogens with zero attached hydrogens (tertiary/aromatic N) is 1. The van der Waals surface area contributed by atoms with E-state index < -0.39 is 5.83 Å². The van der Waals surface area contributed by atoms with Crippen LogP contribution in [0.15, 0.2) is 76.9 Å². The summed E-state index contributed by atoms with van der Waals surface area (Å²) in [5, 5.41) is 0. The Morgan fingerprint density at radius 2 is 1.96 bits per heavy atom. The largest absolute Gasteiger partial charge is 0.293 e. The van der Waals surface area contributed by atoms with E-state index in [0.717, 1.165) is 12.3 Å². The first-order valence-corrected chi connectivity index (χ1v) is 9.50. The molecule has 0 spiro atoms. The van der Waals surface area contributed by atoms with Gasteiger partial charge in [0.15, 0.2) is 0 Å². The summed E-state index contributed by atoms with van der Waals surface area (Å²) in [6, 6.07) is 8.89. The van der Waals surface area contributed by atoms with Crippen LogP contribution in [0.2, 0.25) is 0 Å². The van der Waals surface area contributed by atoms with Gasteiger partial charge in [0.2, 0.25) is 0 Å². The first kappa shape index (κ1) is 21.0. The highest BCUT2D eigenvalue weighted by atomic mass is 19.1. The Hall–Kier alpha value is -2.29. The summed E-state index contributed by atoms with van der Waals surface area (Å²) in [5.74, 6) is -0.0462. The molecule has 144 valence electrons. The number of rotatable bonds is 3. The van der Waals surface area contributed by atoms with Gasteiger partial charge in [-0.05, 0) is 68.7 Å². The van der Waals surface area contributed by atoms with E-state index in [-0.39, 0.29) is 17.8 Å². The molecule has 1 atom stereocenters. The SMILES string of the molecule is C=C(C)CC1CCCc2ccccc21.CN=C(C)C1=C(F)C=CCC(F)=C1. The number of aryl methyl sites for hydroxylation is 1. The van der Waals surface area contributed by atoms with Crippen molar-refractivity contribution in [2.45, 2.75) is 51.9 Å². The van der Waals surface area contributed by atoms with Gasteiger partial charge in [-0.2, -0.15) is 0 Å². The molecular formula is C24H29F2N. The Balaban J connectivity index is 0.000000194. The summed E-state index contributed by atoms with van der Waals surface area (Å²) in [6.07, 6.45) is 9.18. The van der Waals surface area contributed by atoms with Crippen molar-refractivity contribution in [3.63, 3.8) is 0 Å². The molecular weight excluding hydrogens is 340 g/mol. The van der Waals surface area contributed by atoms with Gasteiger partial charge < -0.3 is 0 Å². The van der Waals surface area contributed by atoms with E-state index in [9.17, 15) is 8.78 Å². The fraction of sp³-hybridized carbons (Fsp3) is 0.375. The molecule has 1 aromatic carbocycles. The molecule has 1 nitrogen and oxygen atoms in total. The molecule has 3 rings (SSSR count). The van der Waals surface area contributed by atoms with Crippen LogP contribution < -0.4 is 0 Å². The summed E-state index contributed by atoms with van der Waals surface area (Å²) in [5.41, 5.74) is 5.17. The van der Waals surface area contributed by atoms with Gasteiger partial charge in [-0.3, -0.25) is 4.99 Å².